The highest BCUT2D eigenvalue weighted by molar-refractivity contribution is 5.21. The van der Waals surface area contributed by atoms with Crippen molar-refractivity contribution in [2.75, 3.05) is 6.61 Å². The largest absolute Gasteiger partial charge is 0.494 e. The molecule has 1 unspecified atom stereocenters. The first-order valence-corrected chi connectivity index (χ1v) is 6.11. The molecule has 0 aliphatic heterocycles. The normalized spacial score (nSPS) is 12.1. The van der Waals surface area contributed by atoms with E-state index in [0.29, 0.717) is 6.61 Å². The van der Waals surface area contributed by atoms with Crippen molar-refractivity contribution in [2.24, 2.45) is 5.73 Å². The van der Waals surface area contributed by atoms with Crippen LogP contribution in [0.5, 0.6) is 5.75 Å². The van der Waals surface area contributed by atoms with Crippen molar-refractivity contribution in [3.63, 3.8) is 0 Å². The number of aromatic nitrogens is 1. The van der Waals surface area contributed by atoms with E-state index in [-0.39, 0.29) is 6.04 Å². The van der Waals surface area contributed by atoms with Crippen molar-refractivity contribution >= 4 is 0 Å². The van der Waals surface area contributed by atoms with Crippen molar-refractivity contribution in [2.45, 2.75) is 19.4 Å². The van der Waals surface area contributed by atoms with Crippen LogP contribution in [0.15, 0.2) is 48.7 Å². The highest BCUT2D eigenvalue weighted by Gasteiger charge is 2.06. The van der Waals surface area contributed by atoms with Crippen LogP contribution in [0.3, 0.4) is 0 Å². The Balaban J connectivity index is 1.81. The van der Waals surface area contributed by atoms with Gasteiger partial charge in [0.2, 0.25) is 0 Å². The van der Waals surface area contributed by atoms with E-state index in [1.807, 2.05) is 55.6 Å². The molecule has 3 nitrogen and oxygen atoms in total. The summed E-state index contributed by atoms with van der Waals surface area (Å²) in [5.74, 6) is 0.881. The van der Waals surface area contributed by atoms with Gasteiger partial charge in [0.05, 0.1) is 6.61 Å². The number of rotatable bonds is 5. The quantitative estimate of drug-likeness (QED) is 0.877. The SMILES string of the molecule is Cc1ccc(C(N)CCOc2ccccc2)cn1. The third-order valence-corrected chi connectivity index (χ3v) is 2.80. The smallest absolute Gasteiger partial charge is 0.119 e. The Morgan fingerprint density at radius 1 is 1.17 bits per heavy atom. The Morgan fingerprint density at radius 2 is 1.94 bits per heavy atom. The predicted octanol–water partition coefficient (Wildman–Crippen LogP) is 2.86. The van der Waals surface area contributed by atoms with Crippen LogP contribution in [0.1, 0.15) is 23.7 Å². The lowest BCUT2D eigenvalue weighted by Crippen LogP contribution is -2.14. The van der Waals surface area contributed by atoms with Gasteiger partial charge in [0.1, 0.15) is 5.75 Å². The van der Waals surface area contributed by atoms with Gasteiger partial charge in [-0.05, 0) is 30.7 Å². The lowest BCUT2D eigenvalue weighted by Gasteiger charge is -2.12. The first-order chi connectivity index (χ1) is 8.75. The molecule has 2 rings (SSSR count). The zero-order valence-electron chi connectivity index (χ0n) is 10.5. The third-order valence-electron chi connectivity index (χ3n) is 2.80. The van der Waals surface area contributed by atoms with Crippen molar-refractivity contribution < 1.29 is 4.74 Å². The fraction of sp³-hybridized carbons (Fsp3) is 0.267. The Hall–Kier alpha value is -1.87. The zero-order valence-corrected chi connectivity index (χ0v) is 10.5. The van der Waals surface area contributed by atoms with Crippen molar-refractivity contribution in [3.05, 3.63) is 59.9 Å². The van der Waals surface area contributed by atoms with Gasteiger partial charge in [-0.25, -0.2) is 0 Å². The molecule has 1 aromatic heterocycles. The first-order valence-electron chi connectivity index (χ1n) is 6.11. The van der Waals surface area contributed by atoms with Gasteiger partial charge in [0.25, 0.3) is 0 Å². The van der Waals surface area contributed by atoms with Crippen LogP contribution in [0, 0.1) is 6.92 Å². The van der Waals surface area contributed by atoms with Gasteiger partial charge in [0, 0.05) is 24.4 Å². The molecule has 94 valence electrons. The summed E-state index contributed by atoms with van der Waals surface area (Å²) in [6.45, 7) is 2.58. The molecular formula is C15H18N2O. The molecule has 0 radical (unpaired) electrons. The first kappa shape index (κ1) is 12.6. The average molecular weight is 242 g/mol. The second-order valence-electron chi connectivity index (χ2n) is 4.29. The Bertz CT molecular complexity index is 468. The molecule has 0 saturated carbocycles. The standard InChI is InChI=1S/C15H18N2O/c1-12-7-8-13(11-17-12)15(16)9-10-18-14-5-3-2-4-6-14/h2-8,11,15H,9-10,16H2,1H3. The van der Waals surface area contributed by atoms with Gasteiger partial charge >= 0.3 is 0 Å². The number of nitrogens with two attached hydrogens (primary N) is 1. The fourth-order valence-corrected chi connectivity index (χ4v) is 1.69. The van der Waals surface area contributed by atoms with E-state index in [4.69, 9.17) is 10.5 Å². The van der Waals surface area contributed by atoms with E-state index in [1.54, 1.807) is 0 Å². The molecule has 0 bridgehead atoms. The summed E-state index contributed by atoms with van der Waals surface area (Å²) in [7, 11) is 0. The van der Waals surface area contributed by atoms with Crippen LogP contribution in [0.4, 0.5) is 0 Å². The van der Waals surface area contributed by atoms with E-state index >= 15 is 0 Å². The van der Waals surface area contributed by atoms with E-state index in [2.05, 4.69) is 4.98 Å². The summed E-state index contributed by atoms with van der Waals surface area (Å²) in [5.41, 5.74) is 8.15. The second kappa shape index (κ2) is 6.17. The molecule has 3 heteroatoms. The number of benzene rings is 1. The van der Waals surface area contributed by atoms with Crippen molar-refractivity contribution in [1.29, 1.82) is 0 Å². The maximum Gasteiger partial charge on any atom is 0.119 e. The molecule has 0 aliphatic carbocycles. The van der Waals surface area contributed by atoms with Crippen LogP contribution >= 0.6 is 0 Å². The number of para-hydroxylation sites is 1. The molecule has 1 heterocycles. The fourth-order valence-electron chi connectivity index (χ4n) is 1.69. The summed E-state index contributed by atoms with van der Waals surface area (Å²) in [6.07, 6.45) is 2.61. The maximum absolute atomic E-state index is 6.09. The summed E-state index contributed by atoms with van der Waals surface area (Å²) in [6, 6.07) is 13.7. The van der Waals surface area contributed by atoms with Crippen LogP contribution in [-0.4, -0.2) is 11.6 Å². The van der Waals surface area contributed by atoms with Gasteiger partial charge in [-0.2, -0.15) is 0 Å². The van der Waals surface area contributed by atoms with E-state index < -0.39 is 0 Å². The molecule has 1 atom stereocenters. The third kappa shape index (κ3) is 3.57. The molecule has 2 aromatic rings. The number of nitrogens with zero attached hydrogens (tertiary/aromatic N) is 1. The van der Waals surface area contributed by atoms with Gasteiger partial charge in [0.15, 0.2) is 0 Å². The number of ether oxygens (including phenoxy) is 1. The second-order valence-corrected chi connectivity index (χ2v) is 4.29. The zero-order chi connectivity index (χ0) is 12.8. The van der Waals surface area contributed by atoms with Crippen LogP contribution in [0.25, 0.3) is 0 Å². The Labute approximate surface area is 108 Å². The topological polar surface area (TPSA) is 48.1 Å². The Morgan fingerprint density at radius 3 is 2.61 bits per heavy atom. The highest BCUT2D eigenvalue weighted by Crippen LogP contribution is 2.15. The molecule has 0 saturated heterocycles. The molecule has 0 aliphatic rings. The summed E-state index contributed by atoms with van der Waals surface area (Å²) in [5, 5.41) is 0. The van der Waals surface area contributed by atoms with Crippen LogP contribution < -0.4 is 10.5 Å². The van der Waals surface area contributed by atoms with Gasteiger partial charge < -0.3 is 10.5 Å². The number of hydrogen-bond donors (Lipinski definition) is 1. The van der Waals surface area contributed by atoms with Crippen molar-refractivity contribution in [1.82, 2.24) is 4.98 Å². The van der Waals surface area contributed by atoms with Gasteiger partial charge in [-0.15, -0.1) is 0 Å². The highest BCUT2D eigenvalue weighted by atomic mass is 16.5. The summed E-state index contributed by atoms with van der Waals surface area (Å²) < 4.78 is 5.62. The number of hydrogen-bond acceptors (Lipinski definition) is 3. The molecular weight excluding hydrogens is 224 g/mol. The molecule has 1 aromatic carbocycles. The van der Waals surface area contributed by atoms with E-state index in [0.717, 1.165) is 23.4 Å². The van der Waals surface area contributed by atoms with Gasteiger partial charge in [-0.3, -0.25) is 4.98 Å². The minimum absolute atomic E-state index is 0.0261. The van der Waals surface area contributed by atoms with Crippen molar-refractivity contribution in [3.8, 4) is 5.75 Å². The van der Waals surface area contributed by atoms with Gasteiger partial charge in [-0.1, -0.05) is 24.3 Å². The molecule has 18 heavy (non-hydrogen) atoms. The van der Waals surface area contributed by atoms with E-state index in [9.17, 15) is 0 Å². The lowest BCUT2D eigenvalue weighted by molar-refractivity contribution is 0.298. The van der Waals surface area contributed by atoms with E-state index in [1.165, 1.54) is 0 Å². The summed E-state index contributed by atoms with van der Waals surface area (Å²) in [4.78, 5) is 4.25. The van der Waals surface area contributed by atoms with Crippen LogP contribution in [-0.2, 0) is 0 Å². The lowest BCUT2D eigenvalue weighted by atomic mass is 10.1. The maximum atomic E-state index is 6.09. The number of pyridine rings is 1. The average Bonchev–Trinajstić information content (AvgIpc) is 2.40. The molecule has 0 spiro atoms. The minimum atomic E-state index is -0.0261. The monoisotopic (exact) mass is 242 g/mol. The molecule has 2 N–H and O–H groups in total. The predicted molar refractivity (Wildman–Crippen MR) is 72.5 cm³/mol. The summed E-state index contributed by atoms with van der Waals surface area (Å²) >= 11 is 0. The number of aryl methyl sites for hydroxylation is 1. The van der Waals surface area contributed by atoms with Crippen LogP contribution in [0.2, 0.25) is 0 Å². The minimum Gasteiger partial charge on any atom is -0.494 e. The Kier molecular flexibility index (Phi) is 4.31. The molecule has 0 fully saturated rings. The molecule has 0 amide bonds.